The van der Waals surface area contributed by atoms with Crippen molar-refractivity contribution < 1.29 is 38.7 Å². The minimum absolute atomic E-state index is 0.00303. The van der Waals surface area contributed by atoms with E-state index in [0.29, 0.717) is 29.2 Å². The summed E-state index contributed by atoms with van der Waals surface area (Å²) in [5.74, 6) is -0.347. The van der Waals surface area contributed by atoms with Gasteiger partial charge in [-0.3, -0.25) is 0 Å². The van der Waals surface area contributed by atoms with E-state index in [4.69, 9.17) is 4.18 Å². The quantitative estimate of drug-likeness (QED) is 0.225. The van der Waals surface area contributed by atoms with Gasteiger partial charge in [-0.15, -0.1) is 0 Å². The second kappa shape index (κ2) is 12.5. The summed E-state index contributed by atoms with van der Waals surface area (Å²) in [5.41, 5.74) is 0.804. The van der Waals surface area contributed by atoms with Crippen LogP contribution in [0.4, 0.5) is 13.2 Å². The van der Waals surface area contributed by atoms with E-state index in [-0.39, 0.29) is 16.7 Å². The lowest BCUT2D eigenvalue weighted by molar-refractivity contribution is -0.140. The first-order valence-corrected chi connectivity index (χ1v) is 18.0. The van der Waals surface area contributed by atoms with Crippen molar-refractivity contribution in [1.82, 2.24) is 0 Å². The highest BCUT2D eigenvalue weighted by Crippen LogP contribution is 2.46. The van der Waals surface area contributed by atoms with Crippen molar-refractivity contribution in [1.29, 1.82) is 0 Å². The summed E-state index contributed by atoms with van der Waals surface area (Å²) in [6.07, 6.45) is 9.66. The van der Waals surface area contributed by atoms with Gasteiger partial charge in [-0.2, -0.15) is 21.6 Å². The number of alkyl halides is 3. The molecule has 3 aliphatic rings. The molecule has 6 nitrogen and oxygen atoms in total. The van der Waals surface area contributed by atoms with Crippen molar-refractivity contribution >= 4 is 20.2 Å². The Balaban J connectivity index is 1.65. The Morgan fingerprint density at radius 3 is 1.55 bits per heavy atom. The third-order valence-corrected chi connectivity index (χ3v) is 11.6. The van der Waals surface area contributed by atoms with Gasteiger partial charge in [-0.25, -0.2) is 8.42 Å². The average Bonchev–Trinajstić information content (AvgIpc) is 2.96. The van der Waals surface area contributed by atoms with Crippen LogP contribution in [0.3, 0.4) is 0 Å². The van der Waals surface area contributed by atoms with Gasteiger partial charge in [-0.05, 0) is 91.2 Å². The molecule has 3 fully saturated rings. The smallest absolute Gasteiger partial charge is 0.417 e. The van der Waals surface area contributed by atoms with Gasteiger partial charge in [0.25, 0.3) is 0 Å². The number of benzene rings is 2. The van der Waals surface area contributed by atoms with Gasteiger partial charge in [0.2, 0.25) is 0 Å². The monoisotopic (exact) mass is 627 g/mol. The molecular formula is C31H38F3O6S2-. The van der Waals surface area contributed by atoms with Gasteiger partial charge in [0.1, 0.15) is 20.8 Å². The zero-order valence-corrected chi connectivity index (χ0v) is 25.3. The Morgan fingerprint density at radius 1 is 0.667 bits per heavy atom. The van der Waals surface area contributed by atoms with Crippen LogP contribution in [-0.2, 0) is 26.4 Å². The first-order chi connectivity index (χ1) is 19.8. The minimum atomic E-state index is -5.46. The van der Waals surface area contributed by atoms with E-state index in [0.717, 1.165) is 102 Å². The van der Waals surface area contributed by atoms with Crippen LogP contribution >= 0.6 is 0 Å². The molecule has 0 bridgehead atoms. The molecule has 0 N–H and O–H groups in total. The minimum Gasteiger partial charge on any atom is -0.744 e. The third-order valence-electron chi connectivity index (χ3n) is 9.32. The van der Waals surface area contributed by atoms with E-state index in [1.54, 1.807) is 0 Å². The summed E-state index contributed by atoms with van der Waals surface area (Å²) in [4.78, 5) is -1.41. The van der Waals surface area contributed by atoms with Gasteiger partial charge < -0.3 is 8.74 Å². The van der Waals surface area contributed by atoms with E-state index in [1.807, 2.05) is 12.1 Å². The van der Waals surface area contributed by atoms with Crippen LogP contribution in [0.25, 0.3) is 0 Å². The Kier molecular flexibility index (Phi) is 9.31. The molecule has 0 saturated heterocycles. The zero-order valence-electron chi connectivity index (χ0n) is 23.6. The molecule has 11 heteroatoms. The van der Waals surface area contributed by atoms with Crippen LogP contribution < -0.4 is 4.18 Å². The van der Waals surface area contributed by atoms with Gasteiger partial charge in [0.05, 0.1) is 10.5 Å². The zero-order chi connectivity index (χ0) is 30.1. The average molecular weight is 628 g/mol. The molecule has 42 heavy (non-hydrogen) atoms. The van der Waals surface area contributed by atoms with Crippen molar-refractivity contribution in [2.45, 2.75) is 130 Å². The molecule has 3 saturated carbocycles. The van der Waals surface area contributed by atoms with Gasteiger partial charge in [0.15, 0.2) is 0 Å². The molecule has 0 radical (unpaired) electrons. The van der Waals surface area contributed by atoms with E-state index >= 15 is 0 Å². The molecule has 3 aliphatic carbocycles. The molecular weight excluding hydrogens is 589 g/mol. The lowest BCUT2D eigenvalue weighted by atomic mass is 9.76. The summed E-state index contributed by atoms with van der Waals surface area (Å²) in [7, 11) is -10.1. The highest BCUT2D eigenvalue weighted by molar-refractivity contribution is 7.87. The molecule has 0 unspecified atom stereocenters. The molecule has 0 aliphatic heterocycles. The summed E-state index contributed by atoms with van der Waals surface area (Å²) < 4.78 is 110. The van der Waals surface area contributed by atoms with Gasteiger partial charge >= 0.3 is 16.3 Å². The van der Waals surface area contributed by atoms with E-state index < -0.39 is 42.6 Å². The van der Waals surface area contributed by atoms with Crippen LogP contribution in [0.2, 0.25) is 0 Å². The molecule has 0 atom stereocenters. The molecule has 232 valence electrons. The van der Waals surface area contributed by atoms with Crippen molar-refractivity contribution in [2.75, 3.05) is 0 Å². The summed E-state index contributed by atoms with van der Waals surface area (Å²) in [6, 6.07) is 5.62. The molecule has 2 aromatic rings. The van der Waals surface area contributed by atoms with Gasteiger partial charge in [-0.1, -0.05) is 69.9 Å². The largest absolute Gasteiger partial charge is 0.744 e. The predicted molar refractivity (Wildman–Crippen MR) is 151 cm³/mol. The maximum Gasteiger partial charge on any atom is 0.417 e. The second-order valence-electron chi connectivity index (χ2n) is 12.2. The molecule has 0 aromatic heterocycles. The van der Waals surface area contributed by atoms with Crippen molar-refractivity contribution in [3.05, 3.63) is 52.6 Å². The van der Waals surface area contributed by atoms with Crippen molar-refractivity contribution in [2.24, 2.45) is 0 Å². The first-order valence-electron chi connectivity index (χ1n) is 15.1. The van der Waals surface area contributed by atoms with E-state index in [1.165, 1.54) is 6.42 Å². The number of hydrogen-bond acceptors (Lipinski definition) is 6. The van der Waals surface area contributed by atoms with Crippen LogP contribution in [0.1, 0.15) is 136 Å². The topological polar surface area (TPSA) is 101 Å². The SMILES string of the molecule is O=S(=O)([O-])c1ccc(OS(=O)(=O)c2c(C3CCCCC3)cc(C3CCCCC3)cc2C2CCCCC2)cc1C(F)(F)F. The summed E-state index contributed by atoms with van der Waals surface area (Å²) in [6.45, 7) is 0. The maximum absolute atomic E-state index is 14.2. The van der Waals surface area contributed by atoms with Crippen LogP contribution in [0, 0.1) is 0 Å². The number of rotatable bonds is 7. The second-order valence-corrected chi connectivity index (χ2v) is 15.0. The fraction of sp³-hybridized carbons (Fsp3) is 0.613. The van der Waals surface area contributed by atoms with Crippen LogP contribution in [0.5, 0.6) is 5.75 Å². The molecule has 2 aromatic carbocycles. The number of hydrogen-bond donors (Lipinski definition) is 0. The molecule has 0 spiro atoms. The van der Waals surface area contributed by atoms with Crippen LogP contribution in [0.15, 0.2) is 40.1 Å². The standard InChI is InChI=1S/C31H39F3O6S2/c32-31(33,34)28-20-25(16-17-29(28)41(35,36)37)40-42(38,39)30-26(22-12-6-2-7-13-22)18-24(21-10-4-1-5-11-21)19-27(30)23-14-8-3-9-15-23/h16-23H,1-15H2,(H,35,36,37)/p-1. The Hall–Kier alpha value is -2.11. The Labute approximate surface area is 246 Å². The van der Waals surface area contributed by atoms with Crippen LogP contribution in [-0.4, -0.2) is 21.4 Å². The summed E-state index contributed by atoms with van der Waals surface area (Å²) in [5, 5.41) is 0. The highest BCUT2D eigenvalue weighted by atomic mass is 32.2. The van der Waals surface area contributed by atoms with Crippen molar-refractivity contribution in [3.63, 3.8) is 0 Å². The van der Waals surface area contributed by atoms with Gasteiger partial charge in [0, 0.05) is 0 Å². The van der Waals surface area contributed by atoms with E-state index in [9.17, 15) is 34.6 Å². The predicted octanol–water partition coefficient (Wildman–Crippen LogP) is 8.52. The third kappa shape index (κ3) is 6.99. The molecule has 0 amide bonds. The highest BCUT2D eigenvalue weighted by Gasteiger charge is 2.38. The number of halogens is 3. The first kappa shape index (κ1) is 31.3. The Morgan fingerprint density at radius 2 is 1.12 bits per heavy atom. The Bertz CT molecular complexity index is 1440. The summed E-state index contributed by atoms with van der Waals surface area (Å²) >= 11 is 0. The van der Waals surface area contributed by atoms with E-state index in [2.05, 4.69) is 0 Å². The maximum atomic E-state index is 14.2. The molecule has 5 rings (SSSR count). The lowest BCUT2D eigenvalue weighted by Gasteiger charge is -2.32. The fourth-order valence-corrected chi connectivity index (χ4v) is 9.41. The lowest BCUT2D eigenvalue weighted by Crippen LogP contribution is -2.21. The molecule has 0 heterocycles. The normalized spacial score (nSPS) is 20.5. The fourth-order valence-electron chi connectivity index (χ4n) is 7.26. The van der Waals surface area contributed by atoms with Crippen molar-refractivity contribution in [3.8, 4) is 5.75 Å².